The molecule has 7 nitrogen and oxygen atoms in total. The van der Waals surface area contributed by atoms with Crippen LogP contribution in [0.15, 0.2) is 60.7 Å². The zero-order valence-corrected chi connectivity index (χ0v) is 17.2. The molecule has 32 heavy (non-hydrogen) atoms. The lowest BCUT2D eigenvalue weighted by Gasteiger charge is -2.30. The topological polar surface area (TPSA) is 90.0 Å². The molecule has 3 rings (SSSR count). The van der Waals surface area contributed by atoms with Crippen molar-refractivity contribution in [2.24, 2.45) is 0 Å². The molecule has 1 fully saturated rings. The van der Waals surface area contributed by atoms with Gasteiger partial charge in [0, 0.05) is 38.3 Å². The SMILES string of the molecule is O=C(CN(Cc1ccccc1)C(=O)c1ccccc1)N1CCNCC1.O=C(O)C(F)(F)F. The lowest BCUT2D eigenvalue weighted by molar-refractivity contribution is -0.192. The minimum Gasteiger partial charge on any atom is -0.475 e. The first kappa shape index (κ1) is 24.9. The second-order valence-corrected chi connectivity index (χ2v) is 6.95. The number of alkyl halides is 3. The van der Waals surface area contributed by atoms with Crippen LogP contribution < -0.4 is 5.32 Å². The molecule has 1 heterocycles. The predicted octanol–water partition coefficient (Wildman–Crippen LogP) is 2.39. The number of carbonyl (C=O) groups is 3. The van der Waals surface area contributed by atoms with Crippen molar-refractivity contribution >= 4 is 17.8 Å². The van der Waals surface area contributed by atoms with Gasteiger partial charge in [-0.25, -0.2) is 4.79 Å². The summed E-state index contributed by atoms with van der Waals surface area (Å²) in [5, 5.41) is 10.4. The third kappa shape index (κ3) is 8.03. The maximum absolute atomic E-state index is 12.9. The zero-order chi connectivity index (χ0) is 23.6. The molecule has 0 aromatic heterocycles. The highest BCUT2D eigenvalue weighted by molar-refractivity contribution is 5.96. The van der Waals surface area contributed by atoms with Crippen LogP contribution in [0.25, 0.3) is 0 Å². The van der Waals surface area contributed by atoms with Gasteiger partial charge < -0.3 is 20.2 Å². The van der Waals surface area contributed by atoms with Crippen molar-refractivity contribution in [2.75, 3.05) is 32.7 Å². The van der Waals surface area contributed by atoms with Crippen LogP contribution in [-0.4, -0.2) is 71.6 Å². The van der Waals surface area contributed by atoms with Crippen molar-refractivity contribution < 1.29 is 32.7 Å². The molecule has 0 spiro atoms. The van der Waals surface area contributed by atoms with Gasteiger partial charge in [0.05, 0.1) is 0 Å². The summed E-state index contributed by atoms with van der Waals surface area (Å²) in [7, 11) is 0. The summed E-state index contributed by atoms with van der Waals surface area (Å²) in [5.74, 6) is -2.87. The van der Waals surface area contributed by atoms with E-state index in [9.17, 15) is 22.8 Å². The highest BCUT2D eigenvalue weighted by atomic mass is 19.4. The fraction of sp³-hybridized carbons (Fsp3) is 0.318. The molecule has 2 aromatic carbocycles. The molecular formula is C22H24F3N3O4. The van der Waals surface area contributed by atoms with Gasteiger partial charge in [0.2, 0.25) is 5.91 Å². The van der Waals surface area contributed by atoms with Crippen molar-refractivity contribution in [1.29, 1.82) is 0 Å². The quantitative estimate of drug-likeness (QED) is 0.729. The third-order valence-electron chi connectivity index (χ3n) is 4.56. The number of benzene rings is 2. The maximum Gasteiger partial charge on any atom is 0.490 e. The Morgan fingerprint density at radius 1 is 0.938 bits per heavy atom. The predicted molar refractivity (Wildman–Crippen MR) is 111 cm³/mol. The number of piperazine rings is 1. The van der Waals surface area contributed by atoms with Gasteiger partial charge in [-0.15, -0.1) is 0 Å². The van der Waals surface area contributed by atoms with Gasteiger partial charge in [0.25, 0.3) is 5.91 Å². The van der Waals surface area contributed by atoms with Gasteiger partial charge in [0.1, 0.15) is 6.54 Å². The Hall–Kier alpha value is -3.40. The van der Waals surface area contributed by atoms with Gasteiger partial charge in [-0.05, 0) is 17.7 Å². The Morgan fingerprint density at radius 2 is 1.44 bits per heavy atom. The fourth-order valence-electron chi connectivity index (χ4n) is 2.94. The minimum atomic E-state index is -5.08. The number of amides is 2. The van der Waals surface area contributed by atoms with Crippen LogP contribution in [0.3, 0.4) is 0 Å². The maximum atomic E-state index is 12.9. The number of hydrogen-bond donors (Lipinski definition) is 2. The van der Waals surface area contributed by atoms with E-state index in [1.165, 1.54) is 0 Å². The largest absolute Gasteiger partial charge is 0.490 e. The Kier molecular flexibility index (Phi) is 9.21. The molecule has 1 saturated heterocycles. The van der Waals surface area contributed by atoms with E-state index in [4.69, 9.17) is 9.90 Å². The number of nitrogens with one attached hydrogen (secondary N) is 1. The van der Waals surface area contributed by atoms with E-state index in [1.54, 1.807) is 17.0 Å². The third-order valence-corrected chi connectivity index (χ3v) is 4.56. The van der Waals surface area contributed by atoms with Crippen LogP contribution in [0, 0.1) is 0 Å². The van der Waals surface area contributed by atoms with E-state index >= 15 is 0 Å². The molecular weight excluding hydrogens is 427 g/mol. The summed E-state index contributed by atoms with van der Waals surface area (Å²) < 4.78 is 31.7. The monoisotopic (exact) mass is 451 g/mol. The smallest absolute Gasteiger partial charge is 0.475 e. The van der Waals surface area contributed by atoms with Gasteiger partial charge >= 0.3 is 12.1 Å². The Morgan fingerprint density at radius 3 is 1.94 bits per heavy atom. The Labute approximate surface area is 183 Å². The molecule has 0 bridgehead atoms. The molecule has 2 amide bonds. The molecule has 0 radical (unpaired) electrons. The average Bonchev–Trinajstić information content (AvgIpc) is 2.80. The number of aliphatic carboxylic acids is 1. The summed E-state index contributed by atoms with van der Waals surface area (Å²) in [6.45, 7) is 3.51. The summed E-state index contributed by atoms with van der Waals surface area (Å²) in [5.41, 5.74) is 1.62. The minimum absolute atomic E-state index is 0.00159. The average molecular weight is 451 g/mol. The normalized spacial score (nSPS) is 13.5. The molecule has 0 unspecified atom stereocenters. The molecule has 2 N–H and O–H groups in total. The highest BCUT2D eigenvalue weighted by Gasteiger charge is 2.38. The van der Waals surface area contributed by atoms with Crippen LogP contribution in [0.1, 0.15) is 15.9 Å². The van der Waals surface area contributed by atoms with Crippen molar-refractivity contribution in [3.63, 3.8) is 0 Å². The van der Waals surface area contributed by atoms with E-state index in [0.29, 0.717) is 25.2 Å². The Balaban J connectivity index is 0.000000451. The van der Waals surface area contributed by atoms with Crippen LogP contribution in [-0.2, 0) is 16.1 Å². The fourth-order valence-corrected chi connectivity index (χ4v) is 2.94. The van der Waals surface area contributed by atoms with Crippen molar-refractivity contribution in [3.8, 4) is 0 Å². The van der Waals surface area contributed by atoms with E-state index in [1.807, 2.05) is 53.4 Å². The van der Waals surface area contributed by atoms with Gasteiger partial charge in [0.15, 0.2) is 0 Å². The summed E-state index contributed by atoms with van der Waals surface area (Å²) >= 11 is 0. The number of halogens is 3. The van der Waals surface area contributed by atoms with Crippen molar-refractivity contribution in [3.05, 3.63) is 71.8 Å². The molecule has 2 aromatic rings. The first-order valence-electron chi connectivity index (χ1n) is 9.85. The van der Waals surface area contributed by atoms with E-state index < -0.39 is 12.1 Å². The van der Waals surface area contributed by atoms with E-state index in [0.717, 1.165) is 18.7 Å². The number of rotatable bonds is 5. The van der Waals surface area contributed by atoms with Crippen LogP contribution in [0.4, 0.5) is 13.2 Å². The molecule has 172 valence electrons. The van der Waals surface area contributed by atoms with Crippen molar-refractivity contribution in [2.45, 2.75) is 12.7 Å². The van der Waals surface area contributed by atoms with Gasteiger partial charge in [-0.2, -0.15) is 13.2 Å². The first-order valence-corrected chi connectivity index (χ1v) is 9.85. The number of carboxylic acids is 1. The number of carboxylic acid groups (broad SMARTS) is 1. The van der Waals surface area contributed by atoms with Crippen LogP contribution >= 0.6 is 0 Å². The highest BCUT2D eigenvalue weighted by Crippen LogP contribution is 2.13. The lowest BCUT2D eigenvalue weighted by atomic mass is 10.1. The van der Waals surface area contributed by atoms with Crippen LogP contribution in [0.2, 0.25) is 0 Å². The standard InChI is InChI=1S/C20H23N3O2.C2HF3O2/c24-19(22-13-11-21-12-14-22)16-23(15-17-7-3-1-4-8-17)20(25)18-9-5-2-6-10-18;3-2(4,5)1(6)7/h1-10,21H,11-16H2;(H,6,7). The second-order valence-electron chi connectivity index (χ2n) is 6.95. The van der Waals surface area contributed by atoms with Gasteiger partial charge in [-0.3, -0.25) is 9.59 Å². The second kappa shape index (κ2) is 11.8. The molecule has 0 aliphatic carbocycles. The summed E-state index contributed by atoms with van der Waals surface area (Å²) in [4.78, 5) is 37.9. The lowest BCUT2D eigenvalue weighted by Crippen LogP contribution is -2.50. The Bertz CT molecular complexity index is 886. The first-order chi connectivity index (χ1) is 15.2. The zero-order valence-electron chi connectivity index (χ0n) is 17.2. The van der Waals surface area contributed by atoms with E-state index in [2.05, 4.69) is 5.32 Å². The molecule has 1 aliphatic rings. The molecule has 0 saturated carbocycles. The number of carbonyl (C=O) groups excluding carboxylic acids is 2. The molecule has 1 aliphatic heterocycles. The summed E-state index contributed by atoms with van der Waals surface area (Å²) in [6.07, 6.45) is -5.08. The van der Waals surface area contributed by atoms with Crippen LogP contribution in [0.5, 0.6) is 0 Å². The molecule has 10 heteroatoms. The molecule has 0 atom stereocenters. The van der Waals surface area contributed by atoms with Crippen molar-refractivity contribution in [1.82, 2.24) is 15.1 Å². The number of nitrogens with zero attached hydrogens (tertiary/aromatic N) is 2. The number of hydrogen-bond acceptors (Lipinski definition) is 4. The summed E-state index contributed by atoms with van der Waals surface area (Å²) in [6, 6.07) is 18.9. The van der Waals surface area contributed by atoms with Gasteiger partial charge in [-0.1, -0.05) is 48.5 Å². The van der Waals surface area contributed by atoms with E-state index in [-0.39, 0.29) is 18.4 Å².